The molecule has 27 heavy (non-hydrogen) atoms. The Hall–Kier alpha value is -3.74. The van der Waals surface area contributed by atoms with Crippen LogP contribution in [0.15, 0.2) is 55.0 Å². The van der Waals surface area contributed by atoms with Crippen LogP contribution in [0.25, 0.3) is 22.2 Å². The van der Waals surface area contributed by atoms with E-state index >= 15 is 0 Å². The molecule has 0 atom stereocenters. The largest absolute Gasteiger partial charge is 0.437 e. The van der Waals surface area contributed by atoms with Gasteiger partial charge in [0.25, 0.3) is 0 Å². The minimum atomic E-state index is -0.451. The van der Waals surface area contributed by atoms with E-state index in [9.17, 15) is 4.79 Å². The lowest BCUT2D eigenvalue weighted by molar-refractivity contribution is 0.0999. The first kappa shape index (κ1) is 16.7. The number of primary amides is 1. The maximum absolute atomic E-state index is 11.4. The second-order valence-corrected chi connectivity index (χ2v) is 6.26. The number of nitrogens with zero attached hydrogens (tertiary/aromatic N) is 4. The zero-order chi connectivity index (χ0) is 19.0. The van der Waals surface area contributed by atoms with Gasteiger partial charge in [-0.2, -0.15) is 5.10 Å². The molecule has 0 bridgehead atoms. The Morgan fingerprint density at radius 3 is 2.78 bits per heavy atom. The Kier molecular flexibility index (Phi) is 4.04. The van der Waals surface area contributed by atoms with E-state index in [1.54, 1.807) is 29.2 Å². The highest BCUT2D eigenvalue weighted by Crippen LogP contribution is 2.26. The topological polar surface area (TPSA) is 95.9 Å². The van der Waals surface area contributed by atoms with Crippen LogP contribution in [0.2, 0.25) is 0 Å². The fourth-order valence-electron chi connectivity index (χ4n) is 2.95. The predicted molar refractivity (Wildman–Crippen MR) is 102 cm³/mol. The normalized spacial score (nSPS) is 10.9. The Labute approximate surface area is 155 Å². The molecule has 2 aromatic heterocycles. The van der Waals surface area contributed by atoms with Crippen LogP contribution in [0.3, 0.4) is 0 Å². The van der Waals surface area contributed by atoms with Crippen molar-refractivity contribution < 1.29 is 9.53 Å². The molecule has 7 nitrogen and oxygen atoms in total. The van der Waals surface area contributed by atoms with Crippen LogP contribution in [0.5, 0.6) is 11.6 Å². The Morgan fingerprint density at radius 2 is 2.00 bits per heavy atom. The average molecular weight is 359 g/mol. The van der Waals surface area contributed by atoms with Crippen molar-refractivity contribution in [2.45, 2.75) is 6.92 Å². The lowest BCUT2D eigenvalue weighted by Crippen LogP contribution is -2.12. The van der Waals surface area contributed by atoms with E-state index in [4.69, 9.17) is 10.5 Å². The summed E-state index contributed by atoms with van der Waals surface area (Å²) in [7, 11) is 1.88. The number of ether oxygens (including phenoxy) is 1. The van der Waals surface area contributed by atoms with Crippen molar-refractivity contribution in [1.29, 1.82) is 0 Å². The monoisotopic (exact) mass is 359 g/mol. The number of fused-ring (bicyclic) bond motifs is 1. The molecular formula is C20H17N5O2. The molecule has 0 aliphatic rings. The highest BCUT2D eigenvalue weighted by atomic mass is 16.5. The van der Waals surface area contributed by atoms with Crippen molar-refractivity contribution in [3.63, 3.8) is 0 Å². The molecular weight excluding hydrogens is 342 g/mol. The molecule has 4 aromatic rings. The first-order chi connectivity index (χ1) is 13.0. The summed E-state index contributed by atoms with van der Waals surface area (Å²) < 4.78 is 7.62. The highest BCUT2D eigenvalue weighted by Gasteiger charge is 2.09. The number of aryl methyl sites for hydroxylation is 2. The van der Waals surface area contributed by atoms with E-state index in [-0.39, 0.29) is 0 Å². The number of benzene rings is 2. The van der Waals surface area contributed by atoms with Gasteiger partial charge in [-0.05, 0) is 42.8 Å². The van der Waals surface area contributed by atoms with E-state index in [1.807, 2.05) is 44.4 Å². The van der Waals surface area contributed by atoms with Gasteiger partial charge in [-0.1, -0.05) is 6.07 Å². The molecule has 0 aliphatic carbocycles. The lowest BCUT2D eigenvalue weighted by Gasteiger charge is -2.08. The van der Waals surface area contributed by atoms with Gasteiger partial charge in [0.2, 0.25) is 11.8 Å². The number of hydrogen-bond donors (Lipinski definition) is 1. The van der Waals surface area contributed by atoms with E-state index in [2.05, 4.69) is 15.1 Å². The quantitative estimate of drug-likeness (QED) is 0.603. The van der Waals surface area contributed by atoms with Crippen LogP contribution >= 0.6 is 0 Å². The zero-order valence-electron chi connectivity index (χ0n) is 14.9. The third-order valence-corrected chi connectivity index (χ3v) is 4.21. The Bertz CT molecular complexity index is 1170. The first-order valence-corrected chi connectivity index (χ1v) is 8.34. The van der Waals surface area contributed by atoms with Crippen molar-refractivity contribution >= 4 is 16.8 Å². The van der Waals surface area contributed by atoms with Crippen LogP contribution in [0.4, 0.5) is 0 Å². The molecule has 1 amide bonds. The molecule has 134 valence electrons. The Morgan fingerprint density at radius 1 is 1.15 bits per heavy atom. The van der Waals surface area contributed by atoms with Gasteiger partial charge in [-0.15, -0.1) is 0 Å². The molecule has 2 N–H and O–H groups in total. The van der Waals surface area contributed by atoms with E-state index < -0.39 is 5.91 Å². The number of carbonyl (C=O) groups is 1. The number of nitrogens with two attached hydrogens (primary N) is 1. The molecule has 0 fully saturated rings. The Balaban J connectivity index is 1.63. The molecule has 0 unspecified atom stereocenters. The van der Waals surface area contributed by atoms with Crippen LogP contribution in [0, 0.1) is 6.92 Å². The smallest absolute Gasteiger partial charge is 0.248 e. The zero-order valence-corrected chi connectivity index (χ0v) is 14.9. The van der Waals surface area contributed by atoms with E-state index in [1.165, 1.54) is 0 Å². The van der Waals surface area contributed by atoms with Crippen molar-refractivity contribution in [1.82, 2.24) is 19.7 Å². The van der Waals surface area contributed by atoms with Crippen LogP contribution in [-0.4, -0.2) is 25.7 Å². The average Bonchev–Trinajstić information content (AvgIpc) is 3.01. The summed E-state index contributed by atoms with van der Waals surface area (Å²) in [5.41, 5.74) is 9.02. The SMILES string of the molecule is Cc1cc(-c2cncc(Oc3ccc4nn(C)cc4c3)n2)ccc1C(N)=O. The third kappa shape index (κ3) is 3.35. The van der Waals surface area contributed by atoms with Crippen LogP contribution in [-0.2, 0) is 7.05 Å². The molecule has 7 heteroatoms. The second-order valence-electron chi connectivity index (χ2n) is 6.26. The van der Waals surface area contributed by atoms with Gasteiger partial charge in [0, 0.05) is 29.8 Å². The van der Waals surface area contributed by atoms with E-state index in [0.717, 1.165) is 22.0 Å². The van der Waals surface area contributed by atoms with Gasteiger partial charge in [0.05, 0.1) is 23.6 Å². The lowest BCUT2D eigenvalue weighted by atomic mass is 10.0. The molecule has 0 spiro atoms. The van der Waals surface area contributed by atoms with Gasteiger partial charge >= 0.3 is 0 Å². The summed E-state index contributed by atoms with van der Waals surface area (Å²) in [6.45, 7) is 1.83. The molecule has 2 heterocycles. The number of carbonyl (C=O) groups excluding carboxylic acids is 1. The fourth-order valence-corrected chi connectivity index (χ4v) is 2.95. The van der Waals surface area contributed by atoms with Gasteiger partial charge in [0.1, 0.15) is 5.75 Å². The molecule has 2 aromatic carbocycles. The second kappa shape index (κ2) is 6.53. The minimum absolute atomic E-state index is 0.382. The summed E-state index contributed by atoms with van der Waals surface area (Å²) in [4.78, 5) is 20.1. The highest BCUT2D eigenvalue weighted by molar-refractivity contribution is 5.94. The maximum Gasteiger partial charge on any atom is 0.248 e. The summed E-state index contributed by atoms with van der Waals surface area (Å²) >= 11 is 0. The number of aromatic nitrogens is 4. The summed E-state index contributed by atoms with van der Waals surface area (Å²) in [6.07, 6.45) is 5.13. The van der Waals surface area contributed by atoms with Crippen molar-refractivity contribution in [2.24, 2.45) is 12.8 Å². The number of amides is 1. The van der Waals surface area contributed by atoms with Crippen LogP contribution < -0.4 is 10.5 Å². The summed E-state index contributed by atoms with van der Waals surface area (Å²) in [5, 5.41) is 5.33. The molecule has 0 saturated carbocycles. The van der Waals surface area contributed by atoms with Gasteiger partial charge in [0.15, 0.2) is 0 Å². The first-order valence-electron chi connectivity index (χ1n) is 8.34. The summed E-state index contributed by atoms with van der Waals surface area (Å²) in [6, 6.07) is 11.0. The van der Waals surface area contributed by atoms with Crippen molar-refractivity contribution in [2.75, 3.05) is 0 Å². The van der Waals surface area contributed by atoms with Gasteiger partial charge in [-0.3, -0.25) is 14.5 Å². The fraction of sp³-hybridized carbons (Fsp3) is 0.100. The standard InChI is InChI=1S/C20H17N5O2/c1-12-7-13(3-5-16(12)20(21)26)18-9-22-10-19(23-18)27-15-4-6-17-14(8-15)11-25(2)24-17/h3-11H,1-2H3,(H2,21,26). The van der Waals surface area contributed by atoms with E-state index in [0.29, 0.717) is 22.9 Å². The summed E-state index contributed by atoms with van der Waals surface area (Å²) in [5.74, 6) is 0.586. The molecule has 4 rings (SSSR count). The number of rotatable bonds is 4. The van der Waals surface area contributed by atoms with Crippen molar-refractivity contribution in [3.05, 3.63) is 66.1 Å². The van der Waals surface area contributed by atoms with Crippen LogP contribution in [0.1, 0.15) is 15.9 Å². The molecule has 0 aliphatic heterocycles. The van der Waals surface area contributed by atoms with Crippen molar-refractivity contribution in [3.8, 4) is 22.9 Å². The third-order valence-electron chi connectivity index (χ3n) is 4.21. The minimum Gasteiger partial charge on any atom is -0.437 e. The predicted octanol–water partition coefficient (Wildman–Crippen LogP) is 3.23. The molecule has 0 radical (unpaired) electrons. The number of hydrogen-bond acceptors (Lipinski definition) is 5. The maximum atomic E-state index is 11.4. The van der Waals surface area contributed by atoms with Gasteiger partial charge in [-0.25, -0.2) is 4.98 Å². The molecule has 0 saturated heterocycles. The van der Waals surface area contributed by atoms with Gasteiger partial charge < -0.3 is 10.5 Å².